The molecular weight excluding hydrogens is 568 g/mol. The van der Waals surface area contributed by atoms with Crippen molar-refractivity contribution in [2.45, 2.75) is 85.7 Å². The van der Waals surface area contributed by atoms with E-state index in [1.54, 1.807) is 12.1 Å². The van der Waals surface area contributed by atoms with Crippen molar-refractivity contribution in [3.63, 3.8) is 0 Å². The zero-order valence-corrected chi connectivity index (χ0v) is 26.4. The second-order valence-corrected chi connectivity index (χ2v) is 12.3. The summed E-state index contributed by atoms with van der Waals surface area (Å²) in [6, 6.07) is 8.94. The van der Waals surface area contributed by atoms with E-state index in [2.05, 4.69) is 20.6 Å². The van der Waals surface area contributed by atoms with Crippen LogP contribution in [0.3, 0.4) is 0 Å². The van der Waals surface area contributed by atoms with Gasteiger partial charge in [-0.2, -0.15) is 0 Å². The second kappa shape index (κ2) is 12.9. The Balaban J connectivity index is 1.57. The SMILES string of the molecule is Cc1cc(COC(=O)Nc2cnc(-c3ccc(F)cc3)n(CC(=O)NC(B3OC(C)(C)C(C)(C)O3)C(C)C)c2=O)cc(C)n1. The average Bonchev–Trinajstić information content (AvgIpc) is 3.14. The van der Waals surface area contributed by atoms with Gasteiger partial charge in [0.15, 0.2) is 0 Å². The van der Waals surface area contributed by atoms with Crippen LogP contribution in [0.5, 0.6) is 0 Å². The molecule has 11 nitrogen and oxygen atoms in total. The quantitative estimate of drug-likeness (QED) is 0.338. The molecule has 3 aromatic rings. The van der Waals surface area contributed by atoms with Gasteiger partial charge in [-0.05, 0) is 89.4 Å². The van der Waals surface area contributed by atoms with Gasteiger partial charge in [-0.15, -0.1) is 0 Å². The van der Waals surface area contributed by atoms with Crippen molar-refractivity contribution in [1.82, 2.24) is 19.9 Å². The van der Waals surface area contributed by atoms with Gasteiger partial charge in [0.1, 0.15) is 30.5 Å². The van der Waals surface area contributed by atoms with Gasteiger partial charge in [0.05, 0.1) is 23.3 Å². The predicted molar refractivity (Wildman–Crippen MR) is 164 cm³/mol. The summed E-state index contributed by atoms with van der Waals surface area (Å²) in [5.74, 6) is -1.46. The molecule has 0 aliphatic carbocycles. The van der Waals surface area contributed by atoms with Crippen LogP contribution in [0.15, 0.2) is 47.4 Å². The maximum absolute atomic E-state index is 13.7. The number of hydrogen-bond acceptors (Lipinski definition) is 8. The topological polar surface area (TPSA) is 134 Å². The zero-order valence-electron chi connectivity index (χ0n) is 26.4. The van der Waals surface area contributed by atoms with Crippen molar-refractivity contribution in [3.05, 3.63) is 75.7 Å². The number of carbonyl (C=O) groups excluding carboxylic acids is 2. The molecule has 13 heteroatoms. The summed E-state index contributed by atoms with van der Waals surface area (Å²) in [6.07, 6.45) is 0.306. The largest absolute Gasteiger partial charge is 0.482 e. The highest BCUT2D eigenvalue weighted by Crippen LogP contribution is 2.38. The molecular formula is C31H39BFN5O6. The van der Waals surface area contributed by atoms with E-state index in [0.717, 1.165) is 21.5 Å². The first-order chi connectivity index (χ1) is 20.6. The normalized spacial score (nSPS) is 16.1. The van der Waals surface area contributed by atoms with Crippen LogP contribution in [0.2, 0.25) is 0 Å². The fourth-order valence-electron chi connectivity index (χ4n) is 4.81. The molecule has 1 fully saturated rings. The molecule has 0 bridgehead atoms. The number of halogens is 1. The molecule has 1 aliphatic heterocycles. The fraction of sp³-hybridized carbons (Fsp3) is 0.452. The number of nitrogens with zero attached hydrogens (tertiary/aromatic N) is 3. The van der Waals surface area contributed by atoms with Crippen LogP contribution >= 0.6 is 0 Å². The predicted octanol–water partition coefficient (Wildman–Crippen LogP) is 4.58. The van der Waals surface area contributed by atoms with Crippen molar-refractivity contribution in [1.29, 1.82) is 0 Å². The van der Waals surface area contributed by atoms with Crippen LogP contribution in [0, 0.1) is 25.6 Å². The number of aryl methyl sites for hydroxylation is 2. The maximum Gasteiger partial charge on any atom is 0.482 e. The van der Waals surface area contributed by atoms with E-state index in [-0.39, 0.29) is 24.0 Å². The monoisotopic (exact) mass is 607 g/mol. The molecule has 234 valence electrons. The maximum atomic E-state index is 13.7. The van der Waals surface area contributed by atoms with E-state index in [9.17, 15) is 18.8 Å². The van der Waals surface area contributed by atoms with Gasteiger partial charge in [0.2, 0.25) is 5.91 Å². The number of rotatable bonds is 9. The summed E-state index contributed by atoms with van der Waals surface area (Å²) in [6.45, 7) is 14.8. The summed E-state index contributed by atoms with van der Waals surface area (Å²) in [5.41, 5.74) is 0.616. The lowest BCUT2D eigenvalue weighted by atomic mass is 9.72. The van der Waals surface area contributed by atoms with Crippen LogP contribution in [-0.2, 0) is 32.0 Å². The molecule has 1 aromatic carbocycles. The van der Waals surface area contributed by atoms with E-state index in [1.165, 1.54) is 30.5 Å². The van der Waals surface area contributed by atoms with Gasteiger partial charge in [0.25, 0.3) is 5.56 Å². The number of hydrogen-bond donors (Lipinski definition) is 2. The molecule has 44 heavy (non-hydrogen) atoms. The van der Waals surface area contributed by atoms with Gasteiger partial charge in [-0.1, -0.05) is 13.8 Å². The van der Waals surface area contributed by atoms with Crippen LogP contribution < -0.4 is 16.2 Å². The van der Waals surface area contributed by atoms with E-state index < -0.39 is 54.2 Å². The first-order valence-electron chi connectivity index (χ1n) is 14.4. The van der Waals surface area contributed by atoms with E-state index in [4.69, 9.17) is 14.0 Å². The third-order valence-corrected chi connectivity index (χ3v) is 7.81. The van der Waals surface area contributed by atoms with E-state index in [0.29, 0.717) is 5.56 Å². The zero-order chi connectivity index (χ0) is 32.4. The number of aromatic nitrogens is 3. The minimum atomic E-state index is -0.873. The number of anilines is 1. The summed E-state index contributed by atoms with van der Waals surface area (Å²) in [7, 11) is -0.717. The number of pyridine rings is 1. The van der Waals surface area contributed by atoms with Crippen LogP contribution in [0.1, 0.15) is 58.5 Å². The highest BCUT2D eigenvalue weighted by atomic mass is 19.1. The number of benzene rings is 1. The molecule has 1 atom stereocenters. The molecule has 0 spiro atoms. The number of nitrogens with one attached hydrogen (secondary N) is 2. The molecule has 2 aromatic heterocycles. The third kappa shape index (κ3) is 7.51. The lowest BCUT2D eigenvalue weighted by Crippen LogP contribution is -2.52. The van der Waals surface area contributed by atoms with Crippen molar-refractivity contribution < 1.29 is 28.0 Å². The van der Waals surface area contributed by atoms with Crippen molar-refractivity contribution in [2.75, 3.05) is 5.32 Å². The Morgan fingerprint density at radius 2 is 1.64 bits per heavy atom. The highest BCUT2D eigenvalue weighted by Gasteiger charge is 2.54. The molecule has 4 rings (SSSR count). The molecule has 1 unspecified atom stereocenters. The van der Waals surface area contributed by atoms with Crippen LogP contribution in [-0.4, -0.2) is 50.8 Å². The summed E-state index contributed by atoms with van der Waals surface area (Å²) < 4.78 is 32.5. The molecule has 1 saturated heterocycles. The smallest absolute Gasteiger partial charge is 0.444 e. The average molecular weight is 607 g/mol. The lowest BCUT2D eigenvalue weighted by Gasteiger charge is -2.32. The van der Waals surface area contributed by atoms with Gasteiger partial charge < -0.3 is 19.4 Å². The Morgan fingerprint density at radius 3 is 2.20 bits per heavy atom. The number of ether oxygens (including phenoxy) is 1. The molecule has 1 aliphatic rings. The van der Waals surface area contributed by atoms with Crippen molar-refractivity contribution >= 4 is 24.8 Å². The van der Waals surface area contributed by atoms with Crippen molar-refractivity contribution in [2.24, 2.45) is 5.92 Å². The van der Waals surface area contributed by atoms with Crippen molar-refractivity contribution in [3.8, 4) is 11.4 Å². The minimum absolute atomic E-state index is 0.0385. The summed E-state index contributed by atoms with van der Waals surface area (Å²) in [4.78, 5) is 48.4. The fourth-order valence-corrected chi connectivity index (χ4v) is 4.81. The molecule has 3 heterocycles. The summed E-state index contributed by atoms with van der Waals surface area (Å²) in [5, 5.41) is 5.38. The standard InChI is InChI=1S/C31H39BFN5O6/c1-18(2)26(32-43-30(5,6)31(7,8)44-32)37-25(39)16-38-27(22-9-11-23(33)12-10-22)34-15-24(28(38)40)36-29(41)42-17-21-13-19(3)35-20(4)14-21/h9-15,18,26H,16-17H2,1-8H3,(H,36,41)(H,37,39). The van der Waals surface area contributed by atoms with Gasteiger partial charge >= 0.3 is 13.2 Å². The van der Waals surface area contributed by atoms with E-state index >= 15 is 0 Å². The number of carbonyl (C=O) groups is 2. The van der Waals surface area contributed by atoms with Crippen LogP contribution in [0.25, 0.3) is 11.4 Å². The minimum Gasteiger partial charge on any atom is -0.444 e. The molecule has 0 radical (unpaired) electrons. The Morgan fingerprint density at radius 1 is 1.05 bits per heavy atom. The Labute approximate surface area is 256 Å². The Bertz CT molecular complexity index is 1560. The molecule has 2 N–H and O–H groups in total. The molecule has 0 saturated carbocycles. The first kappa shape index (κ1) is 32.8. The summed E-state index contributed by atoms with van der Waals surface area (Å²) >= 11 is 0. The second-order valence-electron chi connectivity index (χ2n) is 12.3. The van der Waals surface area contributed by atoms with Gasteiger partial charge in [-0.25, -0.2) is 14.2 Å². The van der Waals surface area contributed by atoms with Gasteiger partial charge in [-0.3, -0.25) is 24.5 Å². The number of amides is 2. The van der Waals surface area contributed by atoms with Crippen LogP contribution in [0.4, 0.5) is 14.9 Å². The lowest BCUT2D eigenvalue weighted by molar-refractivity contribution is -0.122. The Kier molecular flexibility index (Phi) is 9.60. The Hall–Kier alpha value is -4.10. The van der Waals surface area contributed by atoms with E-state index in [1.807, 2.05) is 55.4 Å². The molecule has 2 amide bonds. The van der Waals surface area contributed by atoms with Gasteiger partial charge in [0, 0.05) is 17.0 Å². The third-order valence-electron chi connectivity index (χ3n) is 7.81. The first-order valence-corrected chi connectivity index (χ1v) is 14.4. The highest BCUT2D eigenvalue weighted by molar-refractivity contribution is 6.48.